The van der Waals surface area contributed by atoms with Gasteiger partial charge in [0.15, 0.2) is 0 Å². The van der Waals surface area contributed by atoms with E-state index in [-0.39, 0.29) is 6.61 Å². The van der Waals surface area contributed by atoms with E-state index in [9.17, 15) is 0 Å². The molecule has 1 aromatic heterocycles. The summed E-state index contributed by atoms with van der Waals surface area (Å²) in [5, 5.41) is 9.46. The second kappa shape index (κ2) is 5.05. The lowest BCUT2D eigenvalue weighted by molar-refractivity contribution is 0.298. The molecule has 0 aliphatic rings. The Morgan fingerprint density at radius 1 is 1.38 bits per heavy atom. The number of hydrogen-bond acceptors (Lipinski definition) is 5. The minimum atomic E-state index is 0.107. The van der Waals surface area contributed by atoms with E-state index in [2.05, 4.69) is 9.36 Å². The van der Waals surface area contributed by atoms with Crippen LogP contribution in [0.3, 0.4) is 0 Å². The quantitative estimate of drug-likeness (QED) is 0.884. The molecule has 0 unspecified atom stereocenters. The highest BCUT2D eigenvalue weighted by atomic mass is 32.1. The number of rotatable bonds is 4. The van der Waals surface area contributed by atoms with Gasteiger partial charge >= 0.3 is 0 Å². The lowest BCUT2D eigenvalue weighted by Gasteiger charge is -2.06. The fourth-order valence-electron chi connectivity index (χ4n) is 1.34. The van der Waals surface area contributed by atoms with Gasteiger partial charge in [-0.25, -0.2) is 0 Å². The van der Waals surface area contributed by atoms with Crippen molar-refractivity contribution >= 4 is 11.5 Å². The molecule has 2 rings (SSSR count). The van der Waals surface area contributed by atoms with Gasteiger partial charge in [0, 0.05) is 18.1 Å². The molecule has 0 spiro atoms. The van der Waals surface area contributed by atoms with Crippen molar-refractivity contribution in [3.63, 3.8) is 0 Å². The highest BCUT2D eigenvalue weighted by molar-refractivity contribution is 7.07. The van der Waals surface area contributed by atoms with Crippen LogP contribution in [-0.2, 0) is 6.42 Å². The van der Waals surface area contributed by atoms with Crippen molar-refractivity contribution in [1.29, 1.82) is 0 Å². The molecular weight excluding hydrogens is 224 g/mol. The number of aromatic nitrogens is 2. The Morgan fingerprint density at radius 3 is 2.88 bits per heavy atom. The lowest BCUT2D eigenvalue weighted by atomic mass is 10.1. The van der Waals surface area contributed by atoms with Crippen LogP contribution in [0.1, 0.15) is 11.4 Å². The van der Waals surface area contributed by atoms with E-state index in [4.69, 9.17) is 9.84 Å². The zero-order valence-corrected chi connectivity index (χ0v) is 9.70. The molecule has 1 aromatic carbocycles. The van der Waals surface area contributed by atoms with Gasteiger partial charge in [-0.2, -0.15) is 9.36 Å². The van der Waals surface area contributed by atoms with Crippen molar-refractivity contribution in [3.8, 4) is 10.9 Å². The van der Waals surface area contributed by atoms with Crippen molar-refractivity contribution in [2.45, 2.75) is 13.3 Å². The van der Waals surface area contributed by atoms with Gasteiger partial charge < -0.3 is 9.84 Å². The second-order valence-electron chi connectivity index (χ2n) is 3.29. The molecule has 0 radical (unpaired) electrons. The average Bonchev–Trinajstić information content (AvgIpc) is 2.67. The summed E-state index contributed by atoms with van der Waals surface area (Å²) in [5.74, 6) is 1.44. The van der Waals surface area contributed by atoms with Crippen LogP contribution in [0, 0.1) is 6.92 Å². The van der Waals surface area contributed by atoms with E-state index >= 15 is 0 Å². The SMILES string of the molecule is Cc1nsc(Oc2ccccc2CCO)n1. The van der Waals surface area contributed by atoms with E-state index in [0.717, 1.165) is 11.3 Å². The predicted octanol–water partition coefficient (Wildman–Crippen LogP) is 2.17. The van der Waals surface area contributed by atoms with E-state index < -0.39 is 0 Å². The molecule has 5 heteroatoms. The average molecular weight is 236 g/mol. The fourth-order valence-corrected chi connectivity index (χ4v) is 1.89. The summed E-state index contributed by atoms with van der Waals surface area (Å²) >= 11 is 1.23. The molecule has 1 heterocycles. The summed E-state index contributed by atoms with van der Waals surface area (Å²) in [4.78, 5) is 4.13. The molecule has 0 amide bonds. The van der Waals surface area contributed by atoms with Gasteiger partial charge in [-0.3, -0.25) is 0 Å². The van der Waals surface area contributed by atoms with Crippen molar-refractivity contribution in [3.05, 3.63) is 35.7 Å². The monoisotopic (exact) mass is 236 g/mol. The van der Waals surface area contributed by atoms with Crippen molar-refractivity contribution in [2.24, 2.45) is 0 Å². The molecule has 0 atom stereocenters. The molecule has 0 fully saturated rings. The number of nitrogens with zero attached hydrogens (tertiary/aromatic N) is 2. The molecule has 0 saturated heterocycles. The molecule has 0 bridgehead atoms. The van der Waals surface area contributed by atoms with E-state index in [1.165, 1.54) is 11.5 Å². The Kier molecular flexibility index (Phi) is 3.48. The van der Waals surface area contributed by atoms with Crippen molar-refractivity contribution in [2.75, 3.05) is 6.61 Å². The largest absolute Gasteiger partial charge is 0.430 e. The Labute approximate surface area is 97.7 Å². The molecule has 1 N–H and O–H groups in total. The maximum Gasteiger partial charge on any atom is 0.298 e. The first-order chi connectivity index (χ1) is 7.79. The molecule has 2 aromatic rings. The van der Waals surface area contributed by atoms with Crippen LogP contribution in [0.15, 0.2) is 24.3 Å². The van der Waals surface area contributed by atoms with Gasteiger partial charge in [-0.1, -0.05) is 18.2 Å². The third-order valence-corrected chi connectivity index (χ3v) is 2.75. The number of hydrogen-bond donors (Lipinski definition) is 1. The van der Waals surface area contributed by atoms with Gasteiger partial charge in [-0.05, 0) is 25.0 Å². The van der Waals surface area contributed by atoms with Crippen LogP contribution >= 0.6 is 11.5 Å². The number of aliphatic hydroxyl groups is 1. The van der Waals surface area contributed by atoms with Crippen LogP contribution in [-0.4, -0.2) is 21.1 Å². The number of benzene rings is 1. The molecular formula is C11H12N2O2S. The first-order valence-electron chi connectivity index (χ1n) is 4.96. The Hall–Kier alpha value is -1.46. The third kappa shape index (κ3) is 2.56. The molecule has 84 valence electrons. The van der Waals surface area contributed by atoms with Crippen LogP contribution < -0.4 is 4.74 Å². The van der Waals surface area contributed by atoms with Crippen LogP contribution in [0.5, 0.6) is 10.9 Å². The van der Waals surface area contributed by atoms with Gasteiger partial charge in [-0.15, -0.1) is 0 Å². The smallest absolute Gasteiger partial charge is 0.298 e. The standard InChI is InChI=1S/C11H12N2O2S/c1-8-12-11(16-13-8)15-10-5-3-2-4-9(10)6-7-14/h2-5,14H,6-7H2,1H3. The summed E-state index contributed by atoms with van der Waals surface area (Å²) in [5.41, 5.74) is 0.970. The maximum absolute atomic E-state index is 8.93. The third-order valence-electron chi connectivity index (χ3n) is 2.06. The summed E-state index contributed by atoms with van der Waals surface area (Å²) in [6.07, 6.45) is 0.577. The first kappa shape index (κ1) is 11.0. The molecule has 0 aliphatic carbocycles. The Bertz CT molecular complexity index is 471. The number of para-hydroxylation sites is 1. The zero-order valence-electron chi connectivity index (χ0n) is 8.88. The van der Waals surface area contributed by atoms with E-state index in [1.54, 1.807) is 0 Å². The molecule has 4 nitrogen and oxygen atoms in total. The second-order valence-corrected chi connectivity index (χ2v) is 4.01. The first-order valence-corrected chi connectivity index (χ1v) is 5.74. The van der Waals surface area contributed by atoms with Gasteiger partial charge in [0.2, 0.25) is 0 Å². The van der Waals surface area contributed by atoms with Crippen LogP contribution in [0.4, 0.5) is 0 Å². The van der Waals surface area contributed by atoms with E-state index in [1.807, 2.05) is 31.2 Å². The van der Waals surface area contributed by atoms with Crippen LogP contribution in [0.25, 0.3) is 0 Å². The van der Waals surface area contributed by atoms with Crippen molar-refractivity contribution < 1.29 is 9.84 Å². The number of ether oxygens (including phenoxy) is 1. The zero-order chi connectivity index (χ0) is 11.4. The predicted molar refractivity (Wildman–Crippen MR) is 62.0 cm³/mol. The van der Waals surface area contributed by atoms with Gasteiger partial charge in [0.25, 0.3) is 5.19 Å². The highest BCUT2D eigenvalue weighted by Gasteiger charge is 2.06. The number of aryl methyl sites for hydroxylation is 1. The normalized spacial score (nSPS) is 10.4. The van der Waals surface area contributed by atoms with E-state index in [0.29, 0.717) is 17.4 Å². The minimum absolute atomic E-state index is 0.107. The van der Waals surface area contributed by atoms with Gasteiger partial charge in [0.05, 0.1) is 0 Å². The highest BCUT2D eigenvalue weighted by Crippen LogP contribution is 2.26. The fraction of sp³-hybridized carbons (Fsp3) is 0.273. The summed E-state index contributed by atoms with van der Waals surface area (Å²) in [7, 11) is 0. The van der Waals surface area contributed by atoms with Gasteiger partial charge in [0.1, 0.15) is 11.6 Å². The summed E-state index contributed by atoms with van der Waals surface area (Å²) < 4.78 is 9.66. The maximum atomic E-state index is 8.93. The molecule has 0 aliphatic heterocycles. The van der Waals surface area contributed by atoms with Crippen molar-refractivity contribution in [1.82, 2.24) is 9.36 Å². The summed E-state index contributed by atoms with van der Waals surface area (Å²) in [6.45, 7) is 1.93. The lowest BCUT2D eigenvalue weighted by Crippen LogP contribution is -1.94. The van der Waals surface area contributed by atoms with Crippen LogP contribution in [0.2, 0.25) is 0 Å². The molecule has 0 saturated carbocycles. The molecule has 16 heavy (non-hydrogen) atoms. The Balaban J connectivity index is 2.20. The topological polar surface area (TPSA) is 55.2 Å². The summed E-state index contributed by atoms with van der Waals surface area (Å²) in [6, 6.07) is 7.61. The number of aliphatic hydroxyl groups excluding tert-OH is 1. The Morgan fingerprint density at radius 2 is 2.19 bits per heavy atom. The minimum Gasteiger partial charge on any atom is -0.430 e.